The summed E-state index contributed by atoms with van der Waals surface area (Å²) in [7, 11) is 4.01. The van der Waals surface area contributed by atoms with Crippen LogP contribution in [0.2, 0.25) is 0 Å². The molecule has 1 unspecified atom stereocenters. The molecule has 0 aromatic rings. The van der Waals surface area contributed by atoms with E-state index < -0.39 is 5.97 Å². The SMILES string of the molecule is CCC(CC)C(CNC(=O)CCC(=O)O)N(C)C. The number of aliphatic carboxylic acids is 1. The Bertz CT molecular complexity index is 263. The first-order chi connectivity index (χ1) is 8.42. The zero-order valence-corrected chi connectivity index (χ0v) is 11.9. The van der Waals surface area contributed by atoms with Crippen LogP contribution in [0.4, 0.5) is 0 Å². The van der Waals surface area contributed by atoms with E-state index in [0.29, 0.717) is 18.5 Å². The van der Waals surface area contributed by atoms with Crippen LogP contribution in [-0.2, 0) is 9.59 Å². The van der Waals surface area contributed by atoms with E-state index in [1.165, 1.54) is 0 Å². The van der Waals surface area contributed by atoms with Crippen LogP contribution in [0.15, 0.2) is 0 Å². The maximum absolute atomic E-state index is 11.5. The van der Waals surface area contributed by atoms with Gasteiger partial charge in [-0.2, -0.15) is 0 Å². The summed E-state index contributed by atoms with van der Waals surface area (Å²) in [5.41, 5.74) is 0. The molecule has 5 nitrogen and oxygen atoms in total. The normalized spacial score (nSPS) is 12.8. The first-order valence-electron chi connectivity index (χ1n) is 6.57. The Hall–Kier alpha value is -1.10. The number of hydrogen-bond acceptors (Lipinski definition) is 3. The molecule has 5 heteroatoms. The maximum atomic E-state index is 11.5. The van der Waals surface area contributed by atoms with Crippen LogP contribution in [0.25, 0.3) is 0 Å². The number of carbonyl (C=O) groups is 2. The largest absolute Gasteiger partial charge is 0.481 e. The second kappa shape index (κ2) is 8.91. The number of carboxylic acids is 1. The average molecular weight is 258 g/mol. The van der Waals surface area contributed by atoms with Crippen molar-refractivity contribution >= 4 is 11.9 Å². The number of carboxylic acid groups (broad SMARTS) is 1. The van der Waals surface area contributed by atoms with Crippen molar-refractivity contribution < 1.29 is 14.7 Å². The number of likely N-dealkylation sites (N-methyl/N-ethyl adjacent to an activating group) is 1. The molecule has 18 heavy (non-hydrogen) atoms. The molecule has 2 N–H and O–H groups in total. The van der Waals surface area contributed by atoms with E-state index in [0.717, 1.165) is 12.8 Å². The summed E-state index contributed by atoms with van der Waals surface area (Å²) < 4.78 is 0. The van der Waals surface area contributed by atoms with Crippen LogP contribution in [0, 0.1) is 5.92 Å². The third kappa shape index (κ3) is 6.59. The van der Waals surface area contributed by atoms with Crippen LogP contribution >= 0.6 is 0 Å². The smallest absolute Gasteiger partial charge is 0.303 e. The van der Waals surface area contributed by atoms with Gasteiger partial charge < -0.3 is 15.3 Å². The molecule has 0 bridgehead atoms. The van der Waals surface area contributed by atoms with Crippen molar-refractivity contribution in [3.05, 3.63) is 0 Å². The molecule has 0 aliphatic carbocycles. The minimum Gasteiger partial charge on any atom is -0.481 e. The summed E-state index contributed by atoms with van der Waals surface area (Å²) in [5.74, 6) is -0.579. The van der Waals surface area contributed by atoms with Gasteiger partial charge in [0.2, 0.25) is 5.91 Å². The molecule has 0 aromatic heterocycles. The van der Waals surface area contributed by atoms with Crippen LogP contribution < -0.4 is 5.32 Å². The molecule has 0 heterocycles. The van der Waals surface area contributed by atoms with Gasteiger partial charge >= 0.3 is 5.97 Å². The van der Waals surface area contributed by atoms with Gasteiger partial charge in [-0.05, 0) is 20.0 Å². The van der Waals surface area contributed by atoms with Crippen LogP contribution in [0.3, 0.4) is 0 Å². The molecule has 0 aliphatic heterocycles. The summed E-state index contributed by atoms with van der Waals surface area (Å²) in [5, 5.41) is 11.3. The van der Waals surface area contributed by atoms with Gasteiger partial charge in [0.05, 0.1) is 6.42 Å². The number of amides is 1. The first-order valence-corrected chi connectivity index (χ1v) is 6.57. The van der Waals surface area contributed by atoms with Crippen molar-refractivity contribution in [1.82, 2.24) is 10.2 Å². The number of carbonyl (C=O) groups excluding carboxylic acids is 1. The maximum Gasteiger partial charge on any atom is 0.303 e. The number of nitrogens with one attached hydrogen (secondary N) is 1. The third-order valence-electron chi connectivity index (χ3n) is 3.33. The minimum absolute atomic E-state index is 0.0540. The lowest BCUT2D eigenvalue weighted by molar-refractivity contribution is -0.138. The van der Waals surface area contributed by atoms with Crippen molar-refractivity contribution in [2.75, 3.05) is 20.6 Å². The highest BCUT2D eigenvalue weighted by molar-refractivity contribution is 5.80. The topological polar surface area (TPSA) is 69.6 Å². The Morgan fingerprint density at radius 2 is 1.72 bits per heavy atom. The van der Waals surface area contributed by atoms with E-state index in [2.05, 4.69) is 24.1 Å². The molecule has 0 fully saturated rings. The monoisotopic (exact) mass is 258 g/mol. The third-order valence-corrected chi connectivity index (χ3v) is 3.33. The van der Waals surface area contributed by atoms with Crippen LogP contribution in [-0.4, -0.2) is 48.6 Å². The second-order valence-corrected chi connectivity index (χ2v) is 4.81. The zero-order chi connectivity index (χ0) is 14.1. The van der Waals surface area contributed by atoms with Gasteiger partial charge in [0, 0.05) is 19.0 Å². The van der Waals surface area contributed by atoms with Crippen LogP contribution in [0.1, 0.15) is 39.5 Å². The highest BCUT2D eigenvalue weighted by Crippen LogP contribution is 2.16. The molecular formula is C13H26N2O3. The van der Waals surface area contributed by atoms with Crippen molar-refractivity contribution in [1.29, 1.82) is 0 Å². The Morgan fingerprint density at radius 1 is 1.17 bits per heavy atom. The molecule has 0 aliphatic rings. The minimum atomic E-state index is -0.936. The molecule has 1 atom stereocenters. The lowest BCUT2D eigenvalue weighted by Crippen LogP contribution is -2.44. The Kier molecular flexibility index (Phi) is 8.37. The summed E-state index contributed by atoms with van der Waals surface area (Å²) in [6.07, 6.45) is 2.09. The Labute approximate surface area is 110 Å². The fourth-order valence-corrected chi connectivity index (χ4v) is 2.13. The fraction of sp³-hybridized carbons (Fsp3) is 0.846. The van der Waals surface area contributed by atoms with Gasteiger partial charge in [-0.15, -0.1) is 0 Å². The Morgan fingerprint density at radius 3 is 2.11 bits per heavy atom. The highest BCUT2D eigenvalue weighted by Gasteiger charge is 2.21. The van der Waals surface area contributed by atoms with E-state index in [4.69, 9.17) is 5.11 Å². The van der Waals surface area contributed by atoms with E-state index in [1.54, 1.807) is 0 Å². The van der Waals surface area contributed by atoms with E-state index in [9.17, 15) is 9.59 Å². The van der Waals surface area contributed by atoms with Crippen molar-refractivity contribution in [3.63, 3.8) is 0 Å². The summed E-state index contributed by atoms with van der Waals surface area (Å²) in [6.45, 7) is 4.88. The van der Waals surface area contributed by atoms with Crippen LogP contribution in [0.5, 0.6) is 0 Å². The van der Waals surface area contributed by atoms with E-state index >= 15 is 0 Å². The highest BCUT2D eigenvalue weighted by atomic mass is 16.4. The second-order valence-electron chi connectivity index (χ2n) is 4.81. The molecule has 0 radical (unpaired) electrons. The van der Waals surface area contributed by atoms with Gasteiger partial charge in [-0.3, -0.25) is 9.59 Å². The molecule has 1 amide bonds. The number of hydrogen-bond donors (Lipinski definition) is 2. The molecule has 0 saturated carbocycles. The van der Waals surface area contributed by atoms with Crippen molar-refractivity contribution in [2.24, 2.45) is 5.92 Å². The standard InChI is InChI=1S/C13H26N2O3/c1-5-10(6-2)11(15(3)4)9-14-12(16)7-8-13(17)18/h10-11H,5-9H2,1-4H3,(H,14,16)(H,17,18). The molecular weight excluding hydrogens is 232 g/mol. The number of nitrogens with zero attached hydrogens (tertiary/aromatic N) is 1. The van der Waals surface area contributed by atoms with Gasteiger partial charge in [0.15, 0.2) is 0 Å². The van der Waals surface area contributed by atoms with Gasteiger partial charge in [0.1, 0.15) is 0 Å². The summed E-state index contributed by atoms with van der Waals surface area (Å²) >= 11 is 0. The number of rotatable bonds is 9. The predicted octanol–water partition coefficient (Wildman–Crippen LogP) is 1.33. The summed E-state index contributed by atoms with van der Waals surface area (Å²) in [4.78, 5) is 24.0. The van der Waals surface area contributed by atoms with Gasteiger partial charge in [-0.25, -0.2) is 0 Å². The molecule has 0 rings (SSSR count). The predicted molar refractivity (Wildman–Crippen MR) is 71.4 cm³/mol. The first kappa shape index (κ1) is 16.9. The van der Waals surface area contributed by atoms with Gasteiger partial charge in [0.25, 0.3) is 0 Å². The Balaban J connectivity index is 4.18. The molecule has 106 valence electrons. The summed E-state index contributed by atoms with van der Waals surface area (Å²) in [6, 6.07) is 0.300. The molecule has 0 saturated heterocycles. The molecule has 0 aromatic carbocycles. The lowest BCUT2D eigenvalue weighted by Gasteiger charge is -2.31. The van der Waals surface area contributed by atoms with Crippen molar-refractivity contribution in [2.45, 2.75) is 45.6 Å². The lowest BCUT2D eigenvalue weighted by atomic mass is 9.93. The average Bonchev–Trinajstić information content (AvgIpc) is 2.31. The zero-order valence-electron chi connectivity index (χ0n) is 11.9. The van der Waals surface area contributed by atoms with Crippen molar-refractivity contribution in [3.8, 4) is 0 Å². The van der Waals surface area contributed by atoms with E-state index in [1.807, 2.05) is 14.1 Å². The molecule has 0 spiro atoms. The quantitative estimate of drug-likeness (QED) is 0.654. The van der Waals surface area contributed by atoms with E-state index in [-0.39, 0.29) is 18.7 Å². The van der Waals surface area contributed by atoms with Gasteiger partial charge in [-0.1, -0.05) is 26.7 Å². The fourth-order valence-electron chi connectivity index (χ4n) is 2.13.